The van der Waals surface area contributed by atoms with Crippen LogP contribution in [0.2, 0.25) is 0 Å². The van der Waals surface area contributed by atoms with E-state index in [4.69, 9.17) is 0 Å². The molecule has 1 fully saturated rings. The molecule has 3 heterocycles. The van der Waals surface area contributed by atoms with Crippen LogP contribution in [-0.2, 0) is 13.1 Å². The van der Waals surface area contributed by atoms with Gasteiger partial charge in [-0.05, 0) is 7.05 Å². The zero-order valence-electron chi connectivity index (χ0n) is 10.0. The molecule has 17 heavy (non-hydrogen) atoms. The van der Waals surface area contributed by atoms with Crippen LogP contribution in [0, 0.1) is 0 Å². The molecule has 0 bridgehead atoms. The number of likely N-dealkylation sites (N-methyl/N-ethyl adjacent to an activating group) is 1. The highest BCUT2D eigenvalue weighted by Gasteiger charge is 2.22. The standard InChI is InChI=1S/C11H17N5.ClH/c1-15-2-4-16(5-3-15)11-9-6-12-7-10(9)13-8-14-11;/h8,12H,2-7H2,1H3;1H. The zero-order chi connectivity index (χ0) is 11.0. The number of halogens is 1. The summed E-state index contributed by atoms with van der Waals surface area (Å²) in [6, 6.07) is 0. The van der Waals surface area contributed by atoms with Crippen LogP contribution in [0.3, 0.4) is 0 Å². The third-order valence-corrected chi connectivity index (χ3v) is 3.41. The highest BCUT2D eigenvalue weighted by atomic mass is 35.5. The van der Waals surface area contributed by atoms with Crippen LogP contribution in [0.15, 0.2) is 6.33 Å². The molecule has 0 atom stereocenters. The highest BCUT2D eigenvalue weighted by Crippen LogP contribution is 2.23. The van der Waals surface area contributed by atoms with Gasteiger partial charge in [-0.15, -0.1) is 12.4 Å². The fourth-order valence-electron chi connectivity index (χ4n) is 2.37. The number of rotatable bonds is 1. The van der Waals surface area contributed by atoms with Crippen molar-refractivity contribution in [3.05, 3.63) is 17.6 Å². The van der Waals surface area contributed by atoms with Crippen LogP contribution < -0.4 is 10.2 Å². The van der Waals surface area contributed by atoms with Crippen LogP contribution in [0.1, 0.15) is 11.3 Å². The number of anilines is 1. The van der Waals surface area contributed by atoms with Gasteiger partial charge in [0.2, 0.25) is 0 Å². The van der Waals surface area contributed by atoms with Gasteiger partial charge in [0.25, 0.3) is 0 Å². The maximum Gasteiger partial charge on any atom is 0.136 e. The fourth-order valence-corrected chi connectivity index (χ4v) is 2.37. The molecule has 94 valence electrons. The fraction of sp³-hybridized carbons (Fsp3) is 0.636. The molecule has 2 aliphatic heterocycles. The maximum atomic E-state index is 4.46. The molecule has 0 spiro atoms. The number of piperazine rings is 1. The predicted molar refractivity (Wildman–Crippen MR) is 69.5 cm³/mol. The van der Waals surface area contributed by atoms with Crippen LogP contribution in [-0.4, -0.2) is 48.1 Å². The molecular formula is C11H18ClN5. The van der Waals surface area contributed by atoms with Crippen LogP contribution >= 0.6 is 12.4 Å². The first-order valence-corrected chi connectivity index (χ1v) is 5.81. The number of fused-ring (bicyclic) bond motifs is 1. The molecule has 3 rings (SSSR count). The lowest BCUT2D eigenvalue weighted by Crippen LogP contribution is -2.45. The number of hydrogen-bond acceptors (Lipinski definition) is 5. The van der Waals surface area contributed by atoms with Crippen molar-refractivity contribution in [2.24, 2.45) is 0 Å². The Hall–Kier alpha value is -0.910. The normalized spacial score (nSPS) is 19.9. The van der Waals surface area contributed by atoms with Gasteiger partial charge >= 0.3 is 0 Å². The van der Waals surface area contributed by atoms with E-state index >= 15 is 0 Å². The molecule has 0 aromatic carbocycles. The smallest absolute Gasteiger partial charge is 0.136 e. The molecular weight excluding hydrogens is 238 g/mol. The summed E-state index contributed by atoms with van der Waals surface area (Å²) < 4.78 is 0. The quantitative estimate of drug-likeness (QED) is 0.780. The van der Waals surface area contributed by atoms with E-state index in [0.29, 0.717) is 0 Å². The zero-order valence-corrected chi connectivity index (χ0v) is 10.8. The van der Waals surface area contributed by atoms with E-state index in [9.17, 15) is 0 Å². The summed E-state index contributed by atoms with van der Waals surface area (Å²) in [5, 5.41) is 3.34. The minimum Gasteiger partial charge on any atom is -0.354 e. The van der Waals surface area contributed by atoms with Crippen molar-refractivity contribution in [2.75, 3.05) is 38.1 Å². The monoisotopic (exact) mass is 255 g/mol. The molecule has 5 nitrogen and oxygen atoms in total. The lowest BCUT2D eigenvalue weighted by atomic mass is 10.2. The van der Waals surface area contributed by atoms with E-state index < -0.39 is 0 Å². The van der Waals surface area contributed by atoms with E-state index in [0.717, 1.165) is 45.1 Å². The Labute approximate surface area is 108 Å². The van der Waals surface area contributed by atoms with Gasteiger partial charge < -0.3 is 15.1 Å². The maximum absolute atomic E-state index is 4.46. The molecule has 0 radical (unpaired) electrons. The van der Waals surface area contributed by atoms with Crippen LogP contribution in [0.25, 0.3) is 0 Å². The number of nitrogens with one attached hydrogen (secondary N) is 1. The third kappa shape index (κ3) is 2.36. The van der Waals surface area contributed by atoms with Gasteiger partial charge in [-0.3, -0.25) is 0 Å². The average Bonchev–Trinajstić information content (AvgIpc) is 2.78. The summed E-state index contributed by atoms with van der Waals surface area (Å²) in [5.41, 5.74) is 2.47. The van der Waals surface area contributed by atoms with E-state index in [1.165, 1.54) is 11.3 Å². The van der Waals surface area contributed by atoms with Crippen LogP contribution in [0.5, 0.6) is 0 Å². The van der Waals surface area contributed by atoms with Crippen molar-refractivity contribution in [3.63, 3.8) is 0 Å². The van der Waals surface area contributed by atoms with Gasteiger partial charge in [-0.1, -0.05) is 0 Å². The average molecular weight is 256 g/mol. The largest absolute Gasteiger partial charge is 0.354 e. The second kappa shape index (κ2) is 5.16. The summed E-state index contributed by atoms with van der Waals surface area (Å²) >= 11 is 0. The number of nitrogens with zero attached hydrogens (tertiary/aromatic N) is 4. The summed E-state index contributed by atoms with van der Waals surface area (Å²) in [6.45, 7) is 6.18. The SMILES string of the molecule is CN1CCN(c2ncnc3c2CNC3)CC1.Cl. The summed E-state index contributed by atoms with van der Waals surface area (Å²) in [4.78, 5) is 13.5. The van der Waals surface area contributed by atoms with Crippen molar-refractivity contribution in [1.29, 1.82) is 0 Å². The summed E-state index contributed by atoms with van der Waals surface area (Å²) in [5.74, 6) is 1.14. The van der Waals surface area contributed by atoms with E-state index in [1.807, 2.05) is 0 Å². The number of hydrogen-bond donors (Lipinski definition) is 1. The minimum atomic E-state index is 0. The first-order valence-electron chi connectivity index (χ1n) is 5.81. The second-order valence-electron chi connectivity index (χ2n) is 4.52. The molecule has 1 aromatic heterocycles. The Morgan fingerprint density at radius 1 is 1.12 bits per heavy atom. The Kier molecular flexibility index (Phi) is 3.81. The molecule has 1 aromatic rings. The van der Waals surface area contributed by atoms with Gasteiger partial charge in [0.05, 0.1) is 5.69 Å². The molecule has 2 aliphatic rings. The van der Waals surface area contributed by atoms with Crippen molar-refractivity contribution in [2.45, 2.75) is 13.1 Å². The van der Waals surface area contributed by atoms with Crippen molar-refractivity contribution >= 4 is 18.2 Å². The first-order chi connectivity index (χ1) is 7.84. The van der Waals surface area contributed by atoms with Crippen molar-refractivity contribution < 1.29 is 0 Å². The summed E-state index contributed by atoms with van der Waals surface area (Å²) in [7, 11) is 2.17. The van der Waals surface area contributed by atoms with E-state index in [1.54, 1.807) is 6.33 Å². The third-order valence-electron chi connectivity index (χ3n) is 3.41. The van der Waals surface area contributed by atoms with Gasteiger partial charge in [0, 0.05) is 44.8 Å². The van der Waals surface area contributed by atoms with E-state index in [-0.39, 0.29) is 12.4 Å². The molecule has 0 unspecified atom stereocenters. The molecule has 0 aliphatic carbocycles. The van der Waals surface area contributed by atoms with Gasteiger partial charge in [0.1, 0.15) is 12.1 Å². The molecule has 6 heteroatoms. The van der Waals surface area contributed by atoms with Gasteiger partial charge in [-0.25, -0.2) is 9.97 Å². The Bertz CT molecular complexity index is 389. The number of aromatic nitrogens is 2. The predicted octanol–water partition coefficient (Wildman–Crippen LogP) is 0.253. The molecule has 1 N–H and O–H groups in total. The second-order valence-corrected chi connectivity index (χ2v) is 4.52. The topological polar surface area (TPSA) is 44.3 Å². The molecule has 1 saturated heterocycles. The highest BCUT2D eigenvalue weighted by molar-refractivity contribution is 5.85. The lowest BCUT2D eigenvalue weighted by molar-refractivity contribution is 0.311. The Morgan fingerprint density at radius 3 is 2.65 bits per heavy atom. The Morgan fingerprint density at radius 2 is 1.88 bits per heavy atom. The van der Waals surface area contributed by atoms with Gasteiger partial charge in [0.15, 0.2) is 0 Å². The minimum absolute atomic E-state index is 0. The summed E-state index contributed by atoms with van der Waals surface area (Å²) in [6.07, 6.45) is 1.69. The van der Waals surface area contributed by atoms with Gasteiger partial charge in [-0.2, -0.15) is 0 Å². The van der Waals surface area contributed by atoms with Crippen LogP contribution in [0.4, 0.5) is 5.82 Å². The molecule has 0 amide bonds. The van der Waals surface area contributed by atoms with Crippen molar-refractivity contribution in [3.8, 4) is 0 Å². The van der Waals surface area contributed by atoms with E-state index in [2.05, 4.69) is 32.1 Å². The Balaban J connectivity index is 0.00000108. The molecule has 0 saturated carbocycles. The van der Waals surface area contributed by atoms with Crippen molar-refractivity contribution in [1.82, 2.24) is 20.2 Å². The first kappa shape index (κ1) is 12.5. The lowest BCUT2D eigenvalue weighted by Gasteiger charge is -2.33.